The summed E-state index contributed by atoms with van der Waals surface area (Å²) in [5.41, 5.74) is 4.06. The summed E-state index contributed by atoms with van der Waals surface area (Å²) in [7, 11) is 0. The summed E-state index contributed by atoms with van der Waals surface area (Å²) in [6.07, 6.45) is 2.59. The lowest BCUT2D eigenvalue weighted by Gasteiger charge is -2.52. The fourth-order valence-corrected chi connectivity index (χ4v) is 7.28. The van der Waals surface area contributed by atoms with Gasteiger partial charge < -0.3 is 24.8 Å². The zero-order valence-electron chi connectivity index (χ0n) is 20.0. The smallest absolute Gasteiger partial charge is 0.349 e. The molecule has 0 saturated carbocycles. The minimum atomic E-state index is -1.78. The molecule has 2 aromatic heterocycles. The van der Waals surface area contributed by atoms with E-state index in [2.05, 4.69) is 0 Å². The molecular formula is C27H31N2O5S2+. The van der Waals surface area contributed by atoms with Crippen LogP contribution in [0.1, 0.15) is 39.4 Å². The number of para-hydroxylation sites is 1. The maximum Gasteiger partial charge on any atom is 0.349 e. The summed E-state index contributed by atoms with van der Waals surface area (Å²) in [6.45, 7) is 4.24. The van der Waals surface area contributed by atoms with Crippen LogP contribution in [-0.2, 0) is 15.1 Å². The van der Waals surface area contributed by atoms with Gasteiger partial charge in [0.2, 0.25) is 5.60 Å². The third-order valence-electron chi connectivity index (χ3n) is 7.54. The fraction of sp³-hybridized carbons (Fsp3) is 0.407. The molecule has 36 heavy (non-hydrogen) atoms. The van der Waals surface area contributed by atoms with Gasteiger partial charge in [-0.3, -0.25) is 4.79 Å². The van der Waals surface area contributed by atoms with Crippen molar-refractivity contribution in [2.45, 2.75) is 31.0 Å². The highest BCUT2D eigenvalue weighted by Crippen LogP contribution is 2.40. The zero-order valence-corrected chi connectivity index (χ0v) is 21.6. The van der Waals surface area contributed by atoms with E-state index in [9.17, 15) is 14.7 Å². The number of piperidine rings is 3. The van der Waals surface area contributed by atoms with E-state index in [1.807, 2.05) is 29.0 Å². The van der Waals surface area contributed by atoms with Crippen molar-refractivity contribution in [3.8, 4) is 5.75 Å². The van der Waals surface area contributed by atoms with Crippen LogP contribution >= 0.6 is 22.7 Å². The Bertz CT molecular complexity index is 1150. The number of hydrogen-bond donors (Lipinski definition) is 2. The Hall–Kier alpha value is -2.72. The first kappa shape index (κ1) is 25.0. The van der Waals surface area contributed by atoms with Crippen molar-refractivity contribution in [1.29, 1.82) is 0 Å². The van der Waals surface area contributed by atoms with Crippen LogP contribution in [0, 0.1) is 5.92 Å². The number of quaternary nitrogens is 1. The third-order valence-corrected chi connectivity index (χ3v) is 9.50. The normalized spacial score (nSPS) is 23.4. The van der Waals surface area contributed by atoms with Gasteiger partial charge in [0.15, 0.2) is 6.10 Å². The number of fused-ring (bicyclic) bond motifs is 3. The van der Waals surface area contributed by atoms with Crippen molar-refractivity contribution < 1.29 is 28.7 Å². The van der Waals surface area contributed by atoms with Crippen molar-refractivity contribution in [3.05, 3.63) is 74.6 Å². The lowest BCUT2D eigenvalue weighted by Crippen LogP contribution is -2.65. The summed E-state index contributed by atoms with van der Waals surface area (Å²) in [6, 6.07) is 14.3. The van der Waals surface area contributed by atoms with E-state index in [4.69, 9.17) is 15.2 Å². The van der Waals surface area contributed by atoms with E-state index in [1.54, 1.807) is 30.3 Å². The molecule has 0 aliphatic carbocycles. The molecule has 3 saturated heterocycles. The number of aliphatic hydroxyl groups is 1. The molecule has 190 valence electrons. The molecule has 3 aromatic rings. The Labute approximate surface area is 218 Å². The lowest BCUT2D eigenvalue weighted by molar-refractivity contribution is -0.946. The lowest BCUT2D eigenvalue weighted by atomic mass is 9.83. The van der Waals surface area contributed by atoms with Gasteiger partial charge in [-0.2, -0.15) is 0 Å². The monoisotopic (exact) mass is 527 g/mol. The van der Waals surface area contributed by atoms with Crippen LogP contribution in [0.2, 0.25) is 0 Å². The number of nitrogens with two attached hydrogens (primary N) is 1. The van der Waals surface area contributed by atoms with Gasteiger partial charge in [-0.1, -0.05) is 24.3 Å². The Balaban J connectivity index is 1.23. The van der Waals surface area contributed by atoms with Crippen LogP contribution in [0.15, 0.2) is 59.3 Å². The van der Waals surface area contributed by atoms with E-state index in [0.29, 0.717) is 33.6 Å². The molecule has 3 fully saturated rings. The van der Waals surface area contributed by atoms with E-state index in [0.717, 1.165) is 49.9 Å². The number of thiophene rings is 2. The maximum absolute atomic E-state index is 13.5. The molecule has 7 nitrogen and oxygen atoms in total. The number of nitrogens with zero attached hydrogens (tertiary/aromatic N) is 1. The highest BCUT2D eigenvalue weighted by Gasteiger charge is 2.51. The van der Waals surface area contributed by atoms with Crippen molar-refractivity contribution in [1.82, 2.24) is 0 Å². The van der Waals surface area contributed by atoms with Gasteiger partial charge in [-0.25, -0.2) is 4.79 Å². The van der Waals surface area contributed by atoms with Crippen LogP contribution in [0.4, 0.5) is 0 Å². The molecule has 6 rings (SSSR count). The van der Waals surface area contributed by atoms with Gasteiger partial charge in [0.25, 0.3) is 5.91 Å². The summed E-state index contributed by atoms with van der Waals surface area (Å²) >= 11 is 2.71. The molecular weight excluding hydrogens is 496 g/mol. The fourth-order valence-electron chi connectivity index (χ4n) is 5.56. The number of benzene rings is 1. The van der Waals surface area contributed by atoms with Gasteiger partial charge >= 0.3 is 5.97 Å². The predicted molar refractivity (Wildman–Crippen MR) is 139 cm³/mol. The van der Waals surface area contributed by atoms with Crippen molar-refractivity contribution in [3.63, 3.8) is 0 Å². The number of rotatable bonds is 10. The molecule has 1 aromatic carbocycles. The van der Waals surface area contributed by atoms with Crippen LogP contribution in [0.3, 0.4) is 0 Å². The number of carbonyl (C=O) groups is 2. The number of esters is 1. The molecule has 2 bridgehead atoms. The Morgan fingerprint density at radius 2 is 1.69 bits per heavy atom. The third kappa shape index (κ3) is 4.80. The van der Waals surface area contributed by atoms with Gasteiger partial charge in [0.1, 0.15) is 12.3 Å². The standard InChI is InChI=1S/C27H30N2O5S2/c28-25(30)20-6-1-2-7-21(20)33-15-5-12-29-13-10-19(11-14-29)22(18-29)34-26(31)27(32,23-8-3-16-35-23)24-9-4-17-36-24/h1-4,6-9,16-17,19,22,32H,5,10-15,18H2,(H-,28,30)/p+1/t19?,22-,29?/m0/s1. The summed E-state index contributed by atoms with van der Waals surface area (Å²) < 4.78 is 12.9. The van der Waals surface area contributed by atoms with Crippen molar-refractivity contribution in [2.24, 2.45) is 11.7 Å². The van der Waals surface area contributed by atoms with Crippen molar-refractivity contribution >= 4 is 34.6 Å². The number of ether oxygens (including phenoxy) is 2. The Morgan fingerprint density at radius 3 is 2.31 bits per heavy atom. The predicted octanol–water partition coefficient (Wildman–Crippen LogP) is 3.77. The molecule has 3 N–H and O–H groups in total. The molecule has 1 amide bonds. The summed E-state index contributed by atoms with van der Waals surface area (Å²) in [5.74, 6) is -0.254. The second-order valence-corrected chi connectivity index (χ2v) is 11.6. The molecule has 0 spiro atoms. The number of carbonyl (C=O) groups excluding carboxylic acids is 2. The molecule has 9 heteroatoms. The first-order valence-corrected chi connectivity index (χ1v) is 14.1. The number of primary amides is 1. The van der Waals surface area contributed by atoms with Gasteiger partial charge in [-0.05, 0) is 35.0 Å². The first-order valence-electron chi connectivity index (χ1n) is 12.3. The molecule has 1 atom stereocenters. The molecule has 0 unspecified atom stereocenters. The average molecular weight is 528 g/mol. The zero-order chi connectivity index (χ0) is 25.2. The topological polar surface area (TPSA) is 98.9 Å². The first-order chi connectivity index (χ1) is 17.4. The average Bonchev–Trinajstić information content (AvgIpc) is 3.62. The van der Waals surface area contributed by atoms with Gasteiger partial charge in [0.05, 0.1) is 41.6 Å². The minimum absolute atomic E-state index is 0.219. The molecule has 5 heterocycles. The SMILES string of the molecule is NC(=O)c1ccccc1OCCC[N+]12CCC(CC1)[C@@H](OC(=O)C(O)(c1cccs1)c1cccs1)C2. The van der Waals surface area contributed by atoms with E-state index in [-0.39, 0.29) is 6.10 Å². The van der Waals surface area contributed by atoms with E-state index in [1.165, 1.54) is 22.7 Å². The van der Waals surface area contributed by atoms with Crippen LogP contribution in [0.25, 0.3) is 0 Å². The Kier molecular flexibility index (Phi) is 7.16. The second-order valence-electron chi connectivity index (χ2n) is 9.70. The summed E-state index contributed by atoms with van der Waals surface area (Å²) in [4.78, 5) is 26.3. The van der Waals surface area contributed by atoms with Gasteiger partial charge in [-0.15, -0.1) is 22.7 Å². The largest absolute Gasteiger partial charge is 0.493 e. The second kappa shape index (κ2) is 10.3. The van der Waals surface area contributed by atoms with Crippen molar-refractivity contribution in [2.75, 3.05) is 32.8 Å². The maximum atomic E-state index is 13.5. The number of amides is 1. The van der Waals surface area contributed by atoms with E-state index < -0.39 is 17.5 Å². The Morgan fingerprint density at radius 1 is 1.03 bits per heavy atom. The summed E-state index contributed by atoms with van der Waals surface area (Å²) in [5, 5.41) is 15.3. The van der Waals surface area contributed by atoms with Crippen LogP contribution < -0.4 is 10.5 Å². The molecule has 3 aliphatic rings. The number of hydrogen-bond acceptors (Lipinski definition) is 7. The van der Waals surface area contributed by atoms with Crippen LogP contribution in [-0.4, -0.2) is 60.4 Å². The quantitative estimate of drug-likeness (QED) is 0.238. The highest BCUT2D eigenvalue weighted by molar-refractivity contribution is 7.12. The van der Waals surface area contributed by atoms with E-state index >= 15 is 0 Å². The highest BCUT2D eigenvalue weighted by atomic mass is 32.1. The molecule has 3 aliphatic heterocycles. The van der Waals surface area contributed by atoms with Gasteiger partial charge in [0, 0.05) is 25.2 Å². The van der Waals surface area contributed by atoms with Crippen LogP contribution in [0.5, 0.6) is 5.75 Å². The minimum Gasteiger partial charge on any atom is -0.493 e. The molecule has 0 radical (unpaired) electrons.